The minimum absolute atomic E-state index is 0. The molecule has 0 radical (unpaired) electrons. The van der Waals surface area contributed by atoms with Gasteiger partial charge in [0, 0.05) is 12.3 Å². The van der Waals surface area contributed by atoms with Crippen molar-refractivity contribution in [2.24, 2.45) is 5.92 Å². The summed E-state index contributed by atoms with van der Waals surface area (Å²) in [6.07, 6.45) is 1.07. The predicted molar refractivity (Wildman–Crippen MR) is 161 cm³/mol. The molecular formula is C32H35ClN2O7. The highest BCUT2D eigenvalue weighted by Gasteiger charge is 2.29. The molecule has 1 aliphatic rings. The Hall–Kier alpha value is -4.21. The lowest BCUT2D eigenvalue weighted by Crippen LogP contribution is -2.48. The molecular weight excluding hydrogens is 560 g/mol. The van der Waals surface area contributed by atoms with Gasteiger partial charge in [-0.05, 0) is 79.7 Å². The minimum atomic E-state index is -1.13. The van der Waals surface area contributed by atoms with Gasteiger partial charge in [0.15, 0.2) is 0 Å². The van der Waals surface area contributed by atoms with E-state index in [-0.39, 0.29) is 47.9 Å². The molecule has 1 atom stereocenters. The van der Waals surface area contributed by atoms with E-state index in [1.165, 1.54) is 12.1 Å². The van der Waals surface area contributed by atoms with E-state index >= 15 is 0 Å². The highest BCUT2D eigenvalue weighted by molar-refractivity contribution is 6.02. The van der Waals surface area contributed by atoms with Gasteiger partial charge in [-0.15, -0.1) is 12.4 Å². The van der Waals surface area contributed by atoms with Crippen LogP contribution in [0.25, 0.3) is 22.3 Å². The summed E-state index contributed by atoms with van der Waals surface area (Å²) in [5.74, 6) is -3.22. The number of rotatable bonds is 10. The van der Waals surface area contributed by atoms with Crippen molar-refractivity contribution in [2.75, 3.05) is 13.1 Å². The molecule has 1 aliphatic heterocycles. The van der Waals surface area contributed by atoms with Crippen LogP contribution in [0, 0.1) is 5.92 Å². The SMILES string of the molecule is CC(C)OC(=O)[C@H](Cc1ccc(-c2ccccc2C(=O)O)c(-c2ccccc2C(=O)O)c1)NC(=O)C1CCNCC1.Cl. The van der Waals surface area contributed by atoms with Gasteiger partial charge < -0.3 is 25.6 Å². The Morgan fingerprint density at radius 1 is 0.833 bits per heavy atom. The molecule has 0 spiro atoms. The molecule has 0 bridgehead atoms. The van der Waals surface area contributed by atoms with E-state index in [2.05, 4.69) is 10.6 Å². The van der Waals surface area contributed by atoms with Gasteiger partial charge in [-0.25, -0.2) is 14.4 Å². The number of carbonyl (C=O) groups is 4. The first-order valence-electron chi connectivity index (χ1n) is 13.7. The topological polar surface area (TPSA) is 142 Å². The Morgan fingerprint density at radius 2 is 1.38 bits per heavy atom. The van der Waals surface area contributed by atoms with Crippen LogP contribution in [0.2, 0.25) is 0 Å². The first kappa shape index (κ1) is 32.3. The molecule has 9 nitrogen and oxygen atoms in total. The van der Waals surface area contributed by atoms with E-state index in [1.807, 2.05) is 0 Å². The standard InChI is InChI=1S/C32H34N2O7.ClH/c1-19(2)41-32(40)28(34-29(35)21-13-15-33-16-14-21)18-20-11-12-24(22-7-3-5-9-25(22)30(36)37)27(17-20)23-8-4-6-10-26(23)31(38)39;/h3-12,17,19,21,28,33H,13-16,18H2,1-2H3,(H,34,35)(H,36,37)(H,38,39);1H/t28-;/m0./s1. The number of benzene rings is 3. The maximum Gasteiger partial charge on any atom is 0.336 e. The Balaban J connectivity index is 0.00000484. The number of amides is 1. The van der Waals surface area contributed by atoms with Crippen molar-refractivity contribution < 1.29 is 34.1 Å². The third-order valence-electron chi connectivity index (χ3n) is 7.08. The lowest BCUT2D eigenvalue weighted by atomic mass is 9.87. The number of carboxylic acid groups (broad SMARTS) is 2. The summed E-state index contributed by atoms with van der Waals surface area (Å²) >= 11 is 0. The second-order valence-electron chi connectivity index (χ2n) is 10.4. The number of carbonyl (C=O) groups excluding carboxylic acids is 2. The monoisotopic (exact) mass is 594 g/mol. The molecule has 0 aromatic heterocycles. The first-order chi connectivity index (χ1) is 19.7. The van der Waals surface area contributed by atoms with Gasteiger partial charge in [0.1, 0.15) is 6.04 Å². The first-order valence-corrected chi connectivity index (χ1v) is 13.7. The Labute approximate surface area is 250 Å². The molecule has 42 heavy (non-hydrogen) atoms. The van der Waals surface area contributed by atoms with Crippen LogP contribution in [0.3, 0.4) is 0 Å². The quantitative estimate of drug-likeness (QED) is 0.245. The van der Waals surface area contributed by atoms with Crippen LogP contribution in [-0.2, 0) is 20.7 Å². The van der Waals surface area contributed by atoms with E-state index in [4.69, 9.17) is 4.74 Å². The molecule has 1 heterocycles. The highest BCUT2D eigenvalue weighted by atomic mass is 35.5. The second-order valence-corrected chi connectivity index (χ2v) is 10.4. The third kappa shape index (κ3) is 7.74. The Morgan fingerprint density at radius 3 is 1.93 bits per heavy atom. The molecule has 0 aliphatic carbocycles. The molecule has 10 heteroatoms. The third-order valence-corrected chi connectivity index (χ3v) is 7.08. The van der Waals surface area contributed by atoms with Crippen molar-refractivity contribution in [2.45, 2.75) is 45.3 Å². The molecule has 3 aromatic rings. The van der Waals surface area contributed by atoms with Crippen LogP contribution < -0.4 is 10.6 Å². The van der Waals surface area contributed by atoms with Gasteiger partial charge in [0.05, 0.1) is 17.2 Å². The molecule has 3 aromatic carbocycles. The predicted octanol–water partition coefficient (Wildman–Crippen LogP) is 4.82. The molecule has 0 saturated carbocycles. The van der Waals surface area contributed by atoms with Crippen LogP contribution in [0.5, 0.6) is 0 Å². The zero-order valence-electron chi connectivity index (χ0n) is 23.5. The van der Waals surface area contributed by atoms with Crippen LogP contribution >= 0.6 is 12.4 Å². The molecule has 1 saturated heterocycles. The van der Waals surface area contributed by atoms with Crippen molar-refractivity contribution in [3.63, 3.8) is 0 Å². The van der Waals surface area contributed by atoms with Crippen LogP contribution in [0.15, 0.2) is 66.7 Å². The number of hydrogen-bond acceptors (Lipinski definition) is 6. The van der Waals surface area contributed by atoms with Gasteiger partial charge in [-0.1, -0.05) is 54.6 Å². The Kier molecular flexibility index (Phi) is 11.2. The lowest BCUT2D eigenvalue weighted by Gasteiger charge is -2.25. The van der Waals surface area contributed by atoms with Crippen molar-refractivity contribution in [1.29, 1.82) is 0 Å². The van der Waals surface area contributed by atoms with Gasteiger partial charge in [-0.3, -0.25) is 4.79 Å². The number of aromatic carboxylic acids is 2. The number of ether oxygens (including phenoxy) is 1. The molecule has 222 valence electrons. The van der Waals surface area contributed by atoms with Crippen molar-refractivity contribution in [1.82, 2.24) is 10.6 Å². The number of hydrogen-bond donors (Lipinski definition) is 4. The molecule has 1 fully saturated rings. The van der Waals surface area contributed by atoms with E-state index in [0.29, 0.717) is 40.7 Å². The van der Waals surface area contributed by atoms with E-state index in [0.717, 1.165) is 13.1 Å². The molecule has 0 unspecified atom stereocenters. The molecule has 4 N–H and O–H groups in total. The van der Waals surface area contributed by atoms with Gasteiger partial charge in [0.2, 0.25) is 5.91 Å². The highest BCUT2D eigenvalue weighted by Crippen LogP contribution is 2.37. The average Bonchev–Trinajstić information content (AvgIpc) is 2.96. The van der Waals surface area contributed by atoms with E-state index in [9.17, 15) is 29.4 Å². The van der Waals surface area contributed by atoms with Crippen molar-refractivity contribution in [3.05, 3.63) is 83.4 Å². The van der Waals surface area contributed by atoms with Crippen LogP contribution in [0.1, 0.15) is 53.0 Å². The largest absolute Gasteiger partial charge is 0.478 e. The summed E-state index contributed by atoms with van der Waals surface area (Å²) in [6.45, 7) is 4.92. The summed E-state index contributed by atoms with van der Waals surface area (Å²) in [6, 6.07) is 17.3. The molecule has 1 amide bonds. The number of carboxylic acids is 2. The number of esters is 1. The zero-order chi connectivity index (χ0) is 29.5. The van der Waals surface area contributed by atoms with E-state index in [1.54, 1.807) is 68.4 Å². The summed E-state index contributed by atoms with van der Waals surface area (Å²) in [5, 5.41) is 25.9. The number of piperidine rings is 1. The number of halogens is 1. The summed E-state index contributed by atoms with van der Waals surface area (Å²) in [5.41, 5.74) is 2.62. The average molecular weight is 595 g/mol. The fourth-order valence-corrected chi connectivity index (χ4v) is 5.10. The fraction of sp³-hybridized carbons (Fsp3) is 0.312. The minimum Gasteiger partial charge on any atom is -0.478 e. The summed E-state index contributed by atoms with van der Waals surface area (Å²) in [7, 11) is 0. The zero-order valence-corrected chi connectivity index (χ0v) is 24.3. The Bertz CT molecular complexity index is 1450. The van der Waals surface area contributed by atoms with Crippen LogP contribution in [0.4, 0.5) is 0 Å². The maximum absolute atomic E-state index is 13.1. The van der Waals surface area contributed by atoms with E-state index < -0.39 is 23.9 Å². The number of nitrogens with one attached hydrogen (secondary N) is 2. The van der Waals surface area contributed by atoms with Gasteiger partial charge in [-0.2, -0.15) is 0 Å². The summed E-state index contributed by atoms with van der Waals surface area (Å²) in [4.78, 5) is 50.3. The maximum atomic E-state index is 13.1. The van der Waals surface area contributed by atoms with Crippen molar-refractivity contribution >= 4 is 36.2 Å². The smallest absolute Gasteiger partial charge is 0.336 e. The van der Waals surface area contributed by atoms with Gasteiger partial charge in [0.25, 0.3) is 0 Å². The van der Waals surface area contributed by atoms with Gasteiger partial charge >= 0.3 is 17.9 Å². The molecule has 4 rings (SSSR count). The van der Waals surface area contributed by atoms with Crippen molar-refractivity contribution in [3.8, 4) is 22.3 Å². The normalized spacial score (nSPS) is 14.0. The summed E-state index contributed by atoms with van der Waals surface area (Å²) < 4.78 is 5.46. The lowest BCUT2D eigenvalue weighted by molar-refractivity contribution is -0.151. The fourth-order valence-electron chi connectivity index (χ4n) is 5.10. The second kappa shape index (κ2) is 14.6. The van der Waals surface area contributed by atoms with Crippen LogP contribution in [-0.4, -0.2) is 59.3 Å².